The van der Waals surface area contributed by atoms with Gasteiger partial charge in [-0.2, -0.15) is 4.31 Å². The molecule has 1 unspecified atom stereocenters. The molecule has 1 atom stereocenters. The van der Waals surface area contributed by atoms with Crippen LogP contribution in [0.2, 0.25) is 0 Å². The van der Waals surface area contributed by atoms with Gasteiger partial charge in [0.2, 0.25) is 10.0 Å². The molecule has 0 radical (unpaired) electrons. The zero-order chi connectivity index (χ0) is 25.9. The molecule has 0 spiro atoms. The number of likely N-dealkylation sites (N-methyl/N-ethyl adjacent to an activating group) is 1. The van der Waals surface area contributed by atoms with Crippen molar-refractivity contribution in [3.8, 4) is 11.5 Å². The number of aromatic nitrogens is 2. The largest absolute Gasteiger partial charge is 0.457 e. The summed E-state index contributed by atoms with van der Waals surface area (Å²) in [5.74, 6) is 0.0140. The van der Waals surface area contributed by atoms with Crippen LogP contribution in [0, 0.1) is 0 Å². The van der Waals surface area contributed by atoms with Gasteiger partial charge in [0.25, 0.3) is 11.5 Å². The molecule has 0 bridgehead atoms. The Morgan fingerprint density at radius 3 is 2.44 bits per heavy atom. The maximum Gasteiger partial charge on any atom is 0.328 e. The van der Waals surface area contributed by atoms with E-state index < -0.39 is 33.2 Å². The van der Waals surface area contributed by atoms with Crippen molar-refractivity contribution >= 4 is 15.9 Å². The first kappa shape index (κ1) is 25.4. The second kappa shape index (κ2) is 10.5. The summed E-state index contributed by atoms with van der Waals surface area (Å²) in [5, 5.41) is 9.23. The molecule has 190 valence electrons. The topological polar surface area (TPSA) is 151 Å². The van der Waals surface area contributed by atoms with E-state index in [9.17, 15) is 28.0 Å². The van der Waals surface area contributed by atoms with Gasteiger partial charge >= 0.3 is 5.69 Å². The summed E-state index contributed by atoms with van der Waals surface area (Å²) in [6, 6.07) is 13.2. The van der Waals surface area contributed by atoms with Gasteiger partial charge in [0.05, 0.1) is 4.90 Å². The van der Waals surface area contributed by atoms with Crippen LogP contribution < -0.4 is 21.5 Å². The molecule has 1 aliphatic rings. The molecule has 0 aliphatic heterocycles. The molecule has 1 aliphatic carbocycles. The Morgan fingerprint density at radius 1 is 1.11 bits per heavy atom. The number of hydrogen-bond acceptors (Lipinski definition) is 7. The number of nitrogens with one attached hydrogen (secondary N) is 2. The minimum absolute atomic E-state index is 0.103. The van der Waals surface area contributed by atoms with E-state index in [4.69, 9.17) is 4.74 Å². The molecule has 1 heterocycles. The van der Waals surface area contributed by atoms with Gasteiger partial charge in [0, 0.05) is 24.8 Å². The minimum atomic E-state index is -4.18. The minimum Gasteiger partial charge on any atom is -0.457 e. The summed E-state index contributed by atoms with van der Waals surface area (Å²) in [5.41, 5.74) is 1.54. The number of hydroxylamine groups is 1. The van der Waals surface area contributed by atoms with E-state index in [1.807, 2.05) is 6.07 Å². The summed E-state index contributed by atoms with van der Waals surface area (Å²) in [6.07, 6.45) is 1.70. The van der Waals surface area contributed by atoms with E-state index in [0.29, 0.717) is 35.6 Å². The molecule has 3 aromatic rings. The lowest BCUT2D eigenvalue weighted by Crippen LogP contribution is -2.48. The number of hydrogen-bond donors (Lipinski definition) is 3. The van der Waals surface area contributed by atoms with Crippen molar-refractivity contribution in [1.82, 2.24) is 19.3 Å². The summed E-state index contributed by atoms with van der Waals surface area (Å²) in [7, 11) is -2.99. The Balaban J connectivity index is 1.54. The van der Waals surface area contributed by atoms with E-state index >= 15 is 0 Å². The summed E-state index contributed by atoms with van der Waals surface area (Å²) < 4.78 is 33.9. The highest BCUT2D eigenvalue weighted by Gasteiger charge is 2.33. The number of carbonyl (C=O) groups excluding carboxylic acids is 1. The molecule has 3 N–H and O–H groups in total. The lowest BCUT2D eigenvalue weighted by atomic mass is 10.2. The highest BCUT2D eigenvalue weighted by atomic mass is 32.2. The third-order valence-corrected chi connectivity index (χ3v) is 8.06. The van der Waals surface area contributed by atoms with Crippen LogP contribution in [0.5, 0.6) is 11.5 Å². The van der Waals surface area contributed by atoms with Crippen molar-refractivity contribution in [1.29, 1.82) is 0 Å². The van der Waals surface area contributed by atoms with Gasteiger partial charge in [-0.15, -0.1) is 0 Å². The quantitative estimate of drug-likeness (QED) is 0.288. The van der Waals surface area contributed by atoms with Gasteiger partial charge in [-0.05, 0) is 62.1 Å². The van der Waals surface area contributed by atoms with Crippen LogP contribution in [0.1, 0.15) is 24.1 Å². The van der Waals surface area contributed by atoms with E-state index in [1.165, 1.54) is 36.8 Å². The van der Waals surface area contributed by atoms with E-state index in [2.05, 4.69) is 4.98 Å². The average molecular weight is 515 g/mol. The van der Waals surface area contributed by atoms with Crippen LogP contribution >= 0.6 is 0 Å². The molecule has 2 aromatic carbocycles. The number of ether oxygens (including phenoxy) is 1. The number of amides is 1. The van der Waals surface area contributed by atoms with Gasteiger partial charge in [0.1, 0.15) is 17.5 Å². The first-order valence-electron chi connectivity index (χ1n) is 11.3. The number of fused-ring (bicyclic) bond motifs is 1. The van der Waals surface area contributed by atoms with E-state index in [1.54, 1.807) is 24.3 Å². The van der Waals surface area contributed by atoms with E-state index in [-0.39, 0.29) is 17.9 Å². The van der Waals surface area contributed by atoms with Gasteiger partial charge in [-0.25, -0.2) is 18.7 Å². The van der Waals surface area contributed by atoms with Crippen molar-refractivity contribution in [2.24, 2.45) is 0 Å². The van der Waals surface area contributed by atoms with Crippen LogP contribution in [0.4, 0.5) is 0 Å². The molecule has 12 heteroatoms. The third-order valence-electron chi connectivity index (χ3n) is 6.18. The molecule has 11 nitrogen and oxygen atoms in total. The molecule has 36 heavy (non-hydrogen) atoms. The Kier molecular flexibility index (Phi) is 7.38. The second-order valence-electron chi connectivity index (χ2n) is 8.39. The van der Waals surface area contributed by atoms with Gasteiger partial charge in [-0.1, -0.05) is 18.2 Å². The van der Waals surface area contributed by atoms with Gasteiger partial charge < -0.3 is 9.72 Å². The van der Waals surface area contributed by atoms with Gasteiger partial charge in [-0.3, -0.25) is 19.4 Å². The lowest BCUT2D eigenvalue weighted by molar-refractivity contribution is -0.133. The molecular formula is C24H26N4O7S. The standard InChI is InChI=1S/C24H26N4O7S/c1-27(36(33,34)18-12-10-17(11-13-18)35-16-6-3-2-4-7-16)21(22(29)26-32)14-15-28-23(30)19-8-5-9-20(19)25-24(28)31/h2-4,6-7,10-13,21,32H,5,8-9,14-15H2,1H3,(H,25,31)(H,26,29). The normalized spacial score (nSPS) is 13.9. The summed E-state index contributed by atoms with van der Waals surface area (Å²) in [6.45, 7) is -0.219. The van der Waals surface area contributed by atoms with Crippen molar-refractivity contribution in [2.75, 3.05) is 7.05 Å². The predicted octanol–water partition coefficient (Wildman–Crippen LogP) is 1.40. The zero-order valence-electron chi connectivity index (χ0n) is 19.5. The second-order valence-corrected chi connectivity index (χ2v) is 10.4. The Morgan fingerprint density at radius 2 is 1.78 bits per heavy atom. The smallest absolute Gasteiger partial charge is 0.328 e. The fraction of sp³-hybridized carbons (Fsp3) is 0.292. The Bertz CT molecular complexity index is 1470. The number of carbonyl (C=O) groups is 1. The van der Waals surface area contributed by atoms with Crippen LogP contribution in [-0.2, 0) is 34.2 Å². The molecular weight excluding hydrogens is 488 g/mol. The highest BCUT2D eigenvalue weighted by Crippen LogP contribution is 2.25. The van der Waals surface area contributed by atoms with Crippen LogP contribution in [-0.4, -0.2) is 46.5 Å². The number of aryl methyl sites for hydroxylation is 1. The first-order chi connectivity index (χ1) is 17.2. The van der Waals surface area contributed by atoms with Crippen LogP contribution in [0.25, 0.3) is 0 Å². The Labute approximate surface area is 207 Å². The lowest BCUT2D eigenvalue weighted by Gasteiger charge is -2.26. The van der Waals surface area contributed by atoms with Crippen molar-refractivity contribution in [2.45, 2.75) is 43.2 Å². The van der Waals surface area contributed by atoms with Crippen molar-refractivity contribution in [3.63, 3.8) is 0 Å². The highest BCUT2D eigenvalue weighted by molar-refractivity contribution is 7.89. The maximum atomic E-state index is 13.2. The molecule has 0 saturated heterocycles. The van der Waals surface area contributed by atoms with E-state index in [0.717, 1.165) is 15.3 Å². The molecule has 4 rings (SSSR count). The average Bonchev–Trinajstić information content (AvgIpc) is 3.35. The predicted molar refractivity (Wildman–Crippen MR) is 130 cm³/mol. The number of aromatic amines is 1. The zero-order valence-corrected chi connectivity index (χ0v) is 20.3. The Hall–Kier alpha value is -3.74. The van der Waals surface area contributed by atoms with Crippen LogP contribution in [0.15, 0.2) is 69.1 Å². The van der Waals surface area contributed by atoms with Crippen molar-refractivity contribution in [3.05, 3.63) is 86.7 Å². The number of H-pyrrole nitrogens is 1. The fourth-order valence-electron chi connectivity index (χ4n) is 4.21. The van der Waals surface area contributed by atoms with Crippen LogP contribution in [0.3, 0.4) is 0 Å². The molecule has 1 amide bonds. The number of rotatable bonds is 9. The third kappa shape index (κ3) is 5.10. The van der Waals surface area contributed by atoms with Gasteiger partial charge in [0.15, 0.2) is 0 Å². The fourth-order valence-corrected chi connectivity index (χ4v) is 5.56. The molecule has 0 saturated carbocycles. The van der Waals surface area contributed by atoms with Crippen molar-refractivity contribution < 1.29 is 23.2 Å². The number of nitrogens with zero attached hydrogens (tertiary/aromatic N) is 2. The number of para-hydroxylation sites is 1. The molecule has 0 fully saturated rings. The summed E-state index contributed by atoms with van der Waals surface area (Å²) >= 11 is 0. The number of sulfonamides is 1. The SMILES string of the molecule is CN(C(CCn1c(=O)[nH]c2c(c1=O)CCC2)C(=O)NO)S(=O)(=O)c1ccc(Oc2ccccc2)cc1. The summed E-state index contributed by atoms with van der Waals surface area (Å²) in [4.78, 5) is 40.1. The monoisotopic (exact) mass is 514 g/mol. The molecule has 1 aromatic heterocycles. The first-order valence-corrected chi connectivity index (χ1v) is 12.8. The number of benzene rings is 2. The maximum absolute atomic E-state index is 13.2.